The van der Waals surface area contributed by atoms with E-state index in [4.69, 9.17) is 18.9 Å². The minimum absolute atomic E-state index is 0.0998. The van der Waals surface area contributed by atoms with E-state index < -0.39 is 22.5 Å². The number of hydrazone groups is 1. The molecule has 0 aliphatic rings. The number of rotatable bonds is 12. The van der Waals surface area contributed by atoms with Gasteiger partial charge < -0.3 is 23.5 Å². The van der Waals surface area contributed by atoms with E-state index in [2.05, 4.69) is 47.1 Å². The minimum atomic E-state index is -4.34. The van der Waals surface area contributed by atoms with Crippen molar-refractivity contribution in [2.24, 2.45) is 5.10 Å². The average Bonchev–Trinajstić information content (AvgIpc) is 3.30. The summed E-state index contributed by atoms with van der Waals surface area (Å²) in [7, 11) is 1.38. The number of aromatic nitrogens is 1. The SMILES string of the molecule is COc1ccc(OC)c(N(CC(=O)N/N=C\c2cc(C)n(-c3cc(C)cc(C)c3)c2C)S(=O)(=O)c2ccc(OC)c(OC)c2)c1. The second-order valence-electron chi connectivity index (χ2n) is 10.4. The van der Waals surface area contributed by atoms with E-state index >= 15 is 0 Å². The van der Waals surface area contributed by atoms with Crippen LogP contribution in [0.2, 0.25) is 0 Å². The second-order valence-corrected chi connectivity index (χ2v) is 12.2. The molecule has 1 aromatic heterocycles. The van der Waals surface area contributed by atoms with Crippen LogP contribution in [0.1, 0.15) is 28.1 Å². The highest BCUT2D eigenvalue weighted by Crippen LogP contribution is 2.37. The van der Waals surface area contributed by atoms with Crippen molar-refractivity contribution in [2.75, 3.05) is 39.3 Å². The van der Waals surface area contributed by atoms with Crippen LogP contribution in [0, 0.1) is 27.7 Å². The number of anilines is 1. The fourth-order valence-electron chi connectivity index (χ4n) is 5.13. The Kier molecular flexibility index (Phi) is 10.1. The Balaban J connectivity index is 1.66. The van der Waals surface area contributed by atoms with Gasteiger partial charge in [-0.05, 0) is 81.3 Å². The predicted octanol–water partition coefficient (Wildman–Crippen LogP) is 5.09. The fourth-order valence-corrected chi connectivity index (χ4v) is 6.57. The van der Waals surface area contributed by atoms with E-state index in [0.717, 1.165) is 38.1 Å². The van der Waals surface area contributed by atoms with Gasteiger partial charge in [0, 0.05) is 34.8 Å². The van der Waals surface area contributed by atoms with Crippen LogP contribution in [0.4, 0.5) is 5.69 Å². The van der Waals surface area contributed by atoms with Crippen LogP contribution >= 0.6 is 0 Å². The van der Waals surface area contributed by atoms with Crippen molar-refractivity contribution in [3.63, 3.8) is 0 Å². The van der Waals surface area contributed by atoms with Gasteiger partial charge in [-0.25, -0.2) is 13.8 Å². The number of carbonyl (C=O) groups is 1. The normalized spacial score (nSPS) is 11.4. The van der Waals surface area contributed by atoms with Gasteiger partial charge in [0.2, 0.25) is 0 Å². The topological polar surface area (TPSA) is 121 Å². The quantitative estimate of drug-likeness (QED) is 0.170. The molecule has 1 amide bonds. The highest BCUT2D eigenvalue weighted by Gasteiger charge is 2.31. The van der Waals surface area contributed by atoms with Crippen LogP contribution in [0.15, 0.2) is 70.7 Å². The summed E-state index contributed by atoms with van der Waals surface area (Å²) in [6, 6.07) is 17.2. The average molecular weight is 635 g/mol. The van der Waals surface area contributed by atoms with Crippen LogP contribution in [-0.4, -0.2) is 60.1 Å². The molecule has 0 spiro atoms. The Hall–Kier alpha value is -4.97. The monoisotopic (exact) mass is 634 g/mol. The third kappa shape index (κ3) is 7.07. The summed E-state index contributed by atoms with van der Waals surface area (Å²) in [4.78, 5) is 13.1. The summed E-state index contributed by atoms with van der Waals surface area (Å²) in [5.41, 5.74) is 8.66. The van der Waals surface area contributed by atoms with Gasteiger partial charge in [0.1, 0.15) is 18.0 Å². The van der Waals surface area contributed by atoms with Crippen LogP contribution in [0.3, 0.4) is 0 Å². The maximum atomic E-state index is 14.1. The standard InChI is InChI=1S/C33H38N4O7S/c1-21-13-22(2)15-26(14-21)37-23(3)16-25(24(37)4)19-34-35-33(38)20-36(29-17-27(41-5)9-11-30(29)42-6)45(39,40)28-10-12-31(43-7)32(18-28)44-8/h9-19H,20H2,1-8H3,(H,35,38)/b34-19-. The van der Waals surface area contributed by atoms with Gasteiger partial charge in [-0.3, -0.25) is 9.10 Å². The van der Waals surface area contributed by atoms with Crippen LogP contribution < -0.4 is 28.7 Å². The van der Waals surface area contributed by atoms with Gasteiger partial charge >= 0.3 is 0 Å². The van der Waals surface area contributed by atoms with Crippen LogP contribution in [-0.2, 0) is 14.8 Å². The van der Waals surface area contributed by atoms with E-state index in [1.54, 1.807) is 18.3 Å². The summed E-state index contributed by atoms with van der Waals surface area (Å²) in [6.45, 7) is 7.47. The largest absolute Gasteiger partial charge is 0.497 e. The van der Waals surface area contributed by atoms with Gasteiger partial charge in [0.15, 0.2) is 11.5 Å². The van der Waals surface area contributed by atoms with E-state index in [1.165, 1.54) is 52.7 Å². The number of nitrogens with zero attached hydrogens (tertiary/aromatic N) is 3. The molecule has 4 aromatic rings. The van der Waals surface area contributed by atoms with Crippen molar-refractivity contribution in [2.45, 2.75) is 32.6 Å². The van der Waals surface area contributed by atoms with E-state index in [1.807, 2.05) is 19.9 Å². The molecule has 1 N–H and O–H groups in total. The van der Waals surface area contributed by atoms with Crippen LogP contribution in [0.25, 0.3) is 5.69 Å². The zero-order chi connectivity index (χ0) is 32.9. The molecular weight excluding hydrogens is 596 g/mol. The molecule has 11 nitrogen and oxygen atoms in total. The van der Waals surface area contributed by atoms with Crippen molar-refractivity contribution in [1.29, 1.82) is 0 Å². The Morgan fingerprint density at radius 2 is 1.47 bits per heavy atom. The van der Waals surface area contributed by atoms with Gasteiger partial charge in [-0.2, -0.15) is 5.10 Å². The first kappa shape index (κ1) is 32.9. The maximum absolute atomic E-state index is 14.1. The Morgan fingerprint density at radius 3 is 2.09 bits per heavy atom. The van der Waals surface area contributed by atoms with Gasteiger partial charge in [-0.15, -0.1) is 0 Å². The molecular formula is C33H38N4O7S. The van der Waals surface area contributed by atoms with Crippen LogP contribution in [0.5, 0.6) is 23.0 Å². The first-order valence-electron chi connectivity index (χ1n) is 14.0. The lowest BCUT2D eigenvalue weighted by molar-refractivity contribution is -0.119. The lowest BCUT2D eigenvalue weighted by Gasteiger charge is -2.26. The highest BCUT2D eigenvalue weighted by molar-refractivity contribution is 7.92. The number of ether oxygens (including phenoxy) is 4. The van der Waals surface area contributed by atoms with Gasteiger partial charge in [-0.1, -0.05) is 6.07 Å². The predicted molar refractivity (Wildman–Crippen MR) is 174 cm³/mol. The molecule has 0 radical (unpaired) electrons. The summed E-state index contributed by atoms with van der Waals surface area (Å²) in [6.07, 6.45) is 1.54. The lowest BCUT2D eigenvalue weighted by Crippen LogP contribution is -2.39. The maximum Gasteiger partial charge on any atom is 0.265 e. The number of amides is 1. The molecule has 0 saturated heterocycles. The van der Waals surface area contributed by atoms with Crippen molar-refractivity contribution in [1.82, 2.24) is 9.99 Å². The van der Waals surface area contributed by atoms with E-state index in [9.17, 15) is 13.2 Å². The molecule has 3 aromatic carbocycles. The smallest absolute Gasteiger partial charge is 0.265 e. The zero-order valence-electron chi connectivity index (χ0n) is 26.7. The number of carbonyl (C=O) groups excluding carboxylic acids is 1. The number of hydrogen-bond acceptors (Lipinski definition) is 8. The van der Waals surface area contributed by atoms with E-state index in [0.29, 0.717) is 11.5 Å². The molecule has 45 heavy (non-hydrogen) atoms. The van der Waals surface area contributed by atoms with E-state index in [-0.39, 0.29) is 22.1 Å². The number of methoxy groups -OCH3 is 4. The number of hydrogen-bond donors (Lipinski definition) is 1. The third-order valence-electron chi connectivity index (χ3n) is 7.21. The molecule has 238 valence electrons. The van der Waals surface area contributed by atoms with Gasteiger partial charge in [0.05, 0.1) is 45.2 Å². The van der Waals surface area contributed by atoms with Crippen molar-refractivity contribution in [3.8, 4) is 28.7 Å². The molecule has 0 bridgehead atoms. The number of nitrogens with one attached hydrogen (secondary N) is 1. The first-order chi connectivity index (χ1) is 21.4. The van der Waals surface area contributed by atoms with Gasteiger partial charge in [0.25, 0.3) is 15.9 Å². The number of aryl methyl sites for hydroxylation is 3. The minimum Gasteiger partial charge on any atom is -0.497 e. The Morgan fingerprint density at radius 1 is 0.822 bits per heavy atom. The highest BCUT2D eigenvalue weighted by atomic mass is 32.2. The van der Waals surface area contributed by atoms with Crippen molar-refractivity contribution in [3.05, 3.63) is 88.7 Å². The number of benzene rings is 3. The second kappa shape index (κ2) is 13.8. The zero-order valence-corrected chi connectivity index (χ0v) is 27.5. The summed E-state index contributed by atoms with van der Waals surface area (Å²) in [5.74, 6) is 0.476. The fraction of sp³-hybridized carbons (Fsp3) is 0.273. The summed E-state index contributed by atoms with van der Waals surface area (Å²) >= 11 is 0. The van der Waals surface area contributed by atoms with Crippen molar-refractivity contribution >= 4 is 27.8 Å². The summed E-state index contributed by atoms with van der Waals surface area (Å²) in [5, 5.41) is 4.16. The Labute approximate surface area is 264 Å². The molecule has 1 heterocycles. The Bertz CT molecular complexity index is 1830. The molecule has 0 aliphatic carbocycles. The molecule has 12 heteroatoms. The molecule has 0 aliphatic heterocycles. The number of sulfonamides is 1. The summed E-state index contributed by atoms with van der Waals surface area (Å²) < 4.78 is 52.6. The molecule has 0 unspecified atom stereocenters. The molecule has 0 saturated carbocycles. The molecule has 0 atom stereocenters. The lowest BCUT2D eigenvalue weighted by atomic mass is 10.1. The third-order valence-corrected chi connectivity index (χ3v) is 8.97. The molecule has 0 fully saturated rings. The van der Waals surface area contributed by atoms with Crippen molar-refractivity contribution < 1.29 is 32.2 Å². The first-order valence-corrected chi connectivity index (χ1v) is 15.4. The molecule has 4 rings (SSSR count).